The van der Waals surface area contributed by atoms with Gasteiger partial charge in [-0.2, -0.15) is 0 Å². The lowest BCUT2D eigenvalue weighted by molar-refractivity contribution is -0.135. The summed E-state index contributed by atoms with van der Waals surface area (Å²) in [6.45, 7) is 7.31. The first kappa shape index (κ1) is 15.3. The average Bonchev–Trinajstić information content (AvgIpc) is 2.51. The van der Waals surface area contributed by atoms with Crippen LogP contribution in [0.1, 0.15) is 32.1 Å². The third-order valence-electron chi connectivity index (χ3n) is 5.48. The minimum Gasteiger partial charge on any atom is -0.342 e. The van der Waals surface area contributed by atoms with E-state index in [2.05, 4.69) is 15.1 Å². The zero-order valence-corrected chi connectivity index (χ0v) is 13.4. The number of nitrogens with one attached hydrogen (secondary N) is 1. The fourth-order valence-electron chi connectivity index (χ4n) is 3.92. The van der Waals surface area contributed by atoms with Crippen molar-refractivity contribution in [3.05, 3.63) is 0 Å². The fourth-order valence-corrected chi connectivity index (χ4v) is 3.92. The third kappa shape index (κ3) is 3.76. The molecule has 2 saturated heterocycles. The topological polar surface area (TPSA) is 38.8 Å². The molecular formula is C16H30N4O. The largest absolute Gasteiger partial charge is 0.342 e. The number of likely N-dealkylation sites (tertiary alicyclic amines) is 1. The second-order valence-corrected chi connectivity index (χ2v) is 6.93. The van der Waals surface area contributed by atoms with Gasteiger partial charge in [0, 0.05) is 58.4 Å². The number of amides is 1. The minimum absolute atomic E-state index is 0.320. The van der Waals surface area contributed by atoms with Crippen LogP contribution in [0.25, 0.3) is 0 Å². The second kappa shape index (κ2) is 7.07. The van der Waals surface area contributed by atoms with Crippen LogP contribution in [0.4, 0.5) is 0 Å². The lowest BCUT2D eigenvalue weighted by atomic mass is 9.94. The molecule has 1 aliphatic carbocycles. The highest BCUT2D eigenvalue weighted by atomic mass is 16.2. The highest BCUT2D eigenvalue weighted by molar-refractivity contribution is 5.78. The molecule has 0 atom stereocenters. The predicted molar refractivity (Wildman–Crippen MR) is 84.3 cm³/mol. The number of piperazine rings is 1. The van der Waals surface area contributed by atoms with E-state index in [4.69, 9.17) is 0 Å². The standard InChI is InChI=1S/C16H30N4O/c1-18(14-5-3-2-4-6-14)16(21)13-19-11-15(12-19)20-9-7-17-8-10-20/h14-15,17H,2-13H2,1H3. The zero-order valence-electron chi connectivity index (χ0n) is 13.4. The maximum Gasteiger partial charge on any atom is 0.236 e. The Bertz CT molecular complexity index is 344. The van der Waals surface area contributed by atoms with E-state index in [0.717, 1.165) is 39.3 Å². The van der Waals surface area contributed by atoms with Gasteiger partial charge in [0.25, 0.3) is 0 Å². The number of rotatable bonds is 4. The van der Waals surface area contributed by atoms with Gasteiger partial charge >= 0.3 is 0 Å². The van der Waals surface area contributed by atoms with Gasteiger partial charge in [0.05, 0.1) is 6.54 Å². The summed E-state index contributed by atoms with van der Waals surface area (Å²) < 4.78 is 0. The Labute approximate surface area is 128 Å². The first-order chi connectivity index (χ1) is 10.2. The Morgan fingerprint density at radius 2 is 1.81 bits per heavy atom. The van der Waals surface area contributed by atoms with E-state index >= 15 is 0 Å². The van der Waals surface area contributed by atoms with Gasteiger partial charge in [0.2, 0.25) is 5.91 Å². The molecule has 1 amide bonds. The van der Waals surface area contributed by atoms with Crippen LogP contribution in [0.2, 0.25) is 0 Å². The molecule has 3 rings (SSSR count). The summed E-state index contributed by atoms with van der Waals surface area (Å²) >= 11 is 0. The van der Waals surface area contributed by atoms with Crippen molar-refractivity contribution in [3.8, 4) is 0 Å². The molecule has 0 spiro atoms. The van der Waals surface area contributed by atoms with Gasteiger partial charge in [-0.15, -0.1) is 0 Å². The van der Waals surface area contributed by atoms with Crippen molar-refractivity contribution in [3.63, 3.8) is 0 Å². The summed E-state index contributed by atoms with van der Waals surface area (Å²) in [6, 6.07) is 1.18. The summed E-state index contributed by atoms with van der Waals surface area (Å²) in [5.74, 6) is 0.320. The molecular weight excluding hydrogens is 264 g/mol. The maximum atomic E-state index is 12.4. The van der Waals surface area contributed by atoms with Crippen LogP contribution in [-0.2, 0) is 4.79 Å². The van der Waals surface area contributed by atoms with Gasteiger partial charge < -0.3 is 10.2 Å². The molecule has 0 aromatic heterocycles. The van der Waals surface area contributed by atoms with Crippen LogP contribution in [0.5, 0.6) is 0 Å². The monoisotopic (exact) mass is 294 g/mol. The molecule has 0 aromatic rings. The van der Waals surface area contributed by atoms with Crippen molar-refractivity contribution in [1.82, 2.24) is 20.0 Å². The molecule has 1 saturated carbocycles. The van der Waals surface area contributed by atoms with E-state index in [1.54, 1.807) is 0 Å². The maximum absolute atomic E-state index is 12.4. The number of hydrogen-bond acceptors (Lipinski definition) is 4. The van der Waals surface area contributed by atoms with Crippen LogP contribution in [0.15, 0.2) is 0 Å². The molecule has 0 radical (unpaired) electrons. The number of likely N-dealkylation sites (N-methyl/N-ethyl adjacent to an activating group) is 1. The molecule has 0 bridgehead atoms. The van der Waals surface area contributed by atoms with E-state index in [1.165, 1.54) is 32.1 Å². The summed E-state index contributed by atoms with van der Waals surface area (Å²) in [4.78, 5) is 19.3. The zero-order chi connectivity index (χ0) is 14.7. The number of carbonyl (C=O) groups excluding carboxylic acids is 1. The Morgan fingerprint density at radius 1 is 1.14 bits per heavy atom. The van der Waals surface area contributed by atoms with E-state index in [-0.39, 0.29) is 0 Å². The van der Waals surface area contributed by atoms with E-state index in [1.807, 2.05) is 11.9 Å². The molecule has 1 N–H and O–H groups in total. The van der Waals surface area contributed by atoms with Gasteiger partial charge in [-0.05, 0) is 12.8 Å². The molecule has 3 fully saturated rings. The summed E-state index contributed by atoms with van der Waals surface area (Å²) in [5.41, 5.74) is 0. The Balaban J connectivity index is 1.38. The molecule has 0 aromatic carbocycles. The normalized spacial score (nSPS) is 26.5. The molecule has 21 heavy (non-hydrogen) atoms. The van der Waals surface area contributed by atoms with Crippen LogP contribution in [-0.4, -0.2) is 85.6 Å². The highest BCUT2D eigenvalue weighted by Gasteiger charge is 2.34. The molecule has 120 valence electrons. The number of nitrogens with zero attached hydrogens (tertiary/aromatic N) is 3. The SMILES string of the molecule is CN(C(=O)CN1CC(N2CCNCC2)C1)C1CCCCC1. The van der Waals surface area contributed by atoms with Crippen molar-refractivity contribution in [2.75, 3.05) is 52.9 Å². The molecule has 3 aliphatic rings. The van der Waals surface area contributed by atoms with Crippen molar-refractivity contribution in [1.29, 1.82) is 0 Å². The summed E-state index contributed by atoms with van der Waals surface area (Å²) in [5, 5.41) is 3.40. The van der Waals surface area contributed by atoms with Crippen molar-refractivity contribution >= 4 is 5.91 Å². The smallest absolute Gasteiger partial charge is 0.236 e. The number of hydrogen-bond donors (Lipinski definition) is 1. The fraction of sp³-hybridized carbons (Fsp3) is 0.938. The van der Waals surface area contributed by atoms with Crippen molar-refractivity contribution < 1.29 is 4.79 Å². The first-order valence-corrected chi connectivity index (χ1v) is 8.67. The molecule has 5 nitrogen and oxygen atoms in total. The van der Waals surface area contributed by atoms with E-state index in [0.29, 0.717) is 24.5 Å². The Hall–Kier alpha value is -0.650. The second-order valence-electron chi connectivity index (χ2n) is 6.93. The molecule has 0 unspecified atom stereocenters. The molecule has 2 aliphatic heterocycles. The van der Waals surface area contributed by atoms with Gasteiger partial charge in [0.15, 0.2) is 0 Å². The van der Waals surface area contributed by atoms with E-state index in [9.17, 15) is 4.79 Å². The van der Waals surface area contributed by atoms with Crippen molar-refractivity contribution in [2.24, 2.45) is 0 Å². The van der Waals surface area contributed by atoms with Gasteiger partial charge in [-0.3, -0.25) is 14.6 Å². The average molecular weight is 294 g/mol. The quantitative estimate of drug-likeness (QED) is 0.813. The van der Waals surface area contributed by atoms with Gasteiger partial charge in [-0.25, -0.2) is 0 Å². The third-order valence-corrected chi connectivity index (χ3v) is 5.48. The highest BCUT2D eigenvalue weighted by Crippen LogP contribution is 2.22. The van der Waals surface area contributed by atoms with Crippen LogP contribution >= 0.6 is 0 Å². The molecule has 5 heteroatoms. The minimum atomic E-state index is 0.320. The number of carbonyl (C=O) groups is 1. The van der Waals surface area contributed by atoms with Crippen molar-refractivity contribution in [2.45, 2.75) is 44.2 Å². The van der Waals surface area contributed by atoms with Crippen LogP contribution in [0, 0.1) is 0 Å². The van der Waals surface area contributed by atoms with Crippen LogP contribution in [0.3, 0.4) is 0 Å². The predicted octanol–water partition coefficient (Wildman–Crippen LogP) is 0.367. The Kier molecular flexibility index (Phi) is 5.14. The van der Waals surface area contributed by atoms with Gasteiger partial charge in [0.1, 0.15) is 0 Å². The summed E-state index contributed by atoms with van der Waals surface area (Å²) in [6.07, 6.45) is 6.32. The molecule has 2 heterocycles. The van der Waals surface area contributed by atoms with Crippen LogP contribution < -0.4 is 5.32 Å². The lowest BCUT2D eigenvalue weighted by Crippen LogP contribution is -2.64. The van der Waals surface area contributed by atoms with Gasteiger partial charge in [-0.1, -0.05) is 19.3 Å². The van der Waals surface area contributed by atoms with E-state index < -0.39 is 0 Å². The lowest BCUT2D eigenvalue weighted by Gasteiger charge is -2.47. The Morgan fingerprint density at radius 3 is 2.48 bits per heavy atom. The summed E-state index contributed by atoms with van der Waals surface area (Å²) in [7, 11) is 2.01. The first-order valence-electron chi connectivity index (χ1n) is 8.67.